The van der Waals surface area contributed by atoms with Crippen LogP contribution in [-0.2, 0) is 4.74 Å². The number of carbonyl (C=O) groups excluding carboxylic acids is 1. The molecule has 1 aliphatic rings. The molecule has 1 heterocycles. The van der Waals surface area contributed by atoms with Gasteiger partial charge in [0.05, 0.1) is 11.1 Å². The third kappa shape index (κ3) is 3.33. The van der Waals surface area contributed by atoms with E-state index in [9.17, 15) is 4.79 Å². The molecule has 1 unspecified atom stereocenters. The summed E-state index contributed by atoms with van der Waals surface area (Å²) in [5.74, 6) is 0.140. The van der Waals surface area contributed by atoms with Gasteiger partial charge in [-0.05, 0) is 44.2 Å². The van der Waals surface area contributed by atoms with Crippen molar-refractivity contribution < 1.29 is 9.53 Å². The minimum atomic E-state index is 0.140. The van der Waals surface area contributed by atoms with Crippen LogP contribution in [0.15, 0.2) is 18.2 Å². The lowest BCUT2D eigenvalue weighted by Gasteiger charge is -2.09. The topological polar surface area (TPSA) is 26.3 Å². The Hall–Kier alpha value is -0.860. The van der Waals surface area contributed by atoms with Crippen LogP contribution in [-0.4, -0.2) is 18.5 Å². The van der Waals surface area contributed by atoms with Crippen LogP contribution in [0.5, 0.6) is 0 Å². The standard InChI is InChI=1S/C15H19ClO2/c1-11-5-2-8-13(15(11)16)14(17)9-3-6-12-7-4-10-18-12/h2,5,8,12H,3-4,6-7,9-10H2,1H3. The molecule has 3 heteroatoms. The largest absolute Gasteiger partial charge is 0.378 e. The van der Waals surface area contributed by atoms with Gasteiger partial charge in [0.15, 0.2) is 5.78 Å². The monoisotopic (exact) mass is 266 g/mol. The summed E-state index contributed by atoms with van der Waals surface area (Å²) in [6, 6.07) is 5.61. The van der Waals surface area contributed by atoms with Crippen molar-refractivity contribution in [2.45, 2.75) is 45.1 Å². The van der Waals surface area contributed by atoms with Crippen LogP contribution in [0.4, 0.5) is 0 Å². The van der Waals surface area contributed by atoms with Crippen molar-refractivity contribution in [3.63, 3.8) is 0 Å². The highest BCUT2D eigenvalue weighted by Gasteiger charge is 2.16. The molecule has 0 saturated carbocycles. The van der Waals surface area contributed by atoms with Crippen LogP contribution in [0.25, 0.3) is 0 Å². The van der Waals surface area contributed by atoms with E-state index in [1.165, 1.54) is 0 Å². The number of Topliss-reactive ketones (excluding diaryl/α,β-unsaturated/α-hetero) is 1. The second-order valence-electron chi connectivity index (χ2n) is 4.89. The zero-order valence-corrected chi connectivity index (χ0v) is 11.5. The molecule has 0 amide bonds. The first-order valence-corrected chi connectivity index (χ1v) is 6.96. The molecule has 2 rings (SSSR count). The zero-order valence-electron chi connectivity index (χ0n) is 10.7. The van der Waals surface area contributed by atoms with Gasteiger partial charge in [0.25, 0.3) is 0 Å². The highest BCUT2D eigenvalue weighted by Crippen LogP contribution is 2.23. The van der Waals surface area contributed by atoms with Crippen LogP contribution >= 0.6 is 11.6 Å². The third-order valence-electron chi connectivity index (χ3n) is 3.45. The summed E-state index contributed by atoms with van der Waals surface area (Å²) < 4.78 is 5.55. The Balaban J connectivity index is 1.85. The SMILES string of the molecule is Cc1cccc(C(=O)CCCC2CCCO2)c1Cl. The molecule has 98 valence electrons. The molecule has 0 N–H and O–H groups in total. The molecular weight excluding hydrogens is 248 g/mol. The Morgan fingerprint density at radius 2 is 2.33 bits per heavy atom. The van der Waals surface area contributed by atoms with Gasteiger partial charge in [-0.3, -0.25) is 4.79 Å². The molecule has 1 fully saturated rings. The summed E-state index contributed by atoms with van der Waals surface area (Å²) in [6.07, 6.45) is 5.08. The molecule has 1 atom stereocenters. The van der Waals surface area contributed by atoms with E-state index >= 15 is 0 Å². The van der Waals surface area contributed by atoms with Crippen molar-refractivity contribution in [3.05, 3.63) is 34.3 Å². The van der Waals surface area contributed by atoms with Crippen LogP contribution < -0.4 is 0 Å². The van der Waals surface area contributed by atoms with Crippen molar-refractivity contribution in [2.75, 3.05) is 6.61 Å². The number of benzene rings is 1. The Morgan fingerprint density at radius 3 is 3.06 bits per heavy atom. The molecule has 0 spiro atoms. The smallest absolute Gasteiger partial charge is 0.164 e. The normalized spacial score (nSPS) is 19.1. The fraction of sp³-hybridized carbons (Fsp3) is 0.533. The van der Waals surface area contributed by atoms with Crippen molar-refractivity contribution in [1.82, 2.24) is 0 Å². The molecule has 0 aromatic heterocycles. The van der Waals surface area contributed by atoms with Crippen LogP contribution in [0, 0.1) is 6.92 Å². The zero-order chi connectivity index (χ0) is 13.0. The minimum absolute atomic E-state index is 0.140. The molecule has 1 aromatic carbocycles. The lowest BCUT2D eigenvalue weighted by atomic mass is 10.0. The van der Waals surface area contributed by atoms with Gasteiger partial charge in [0.2, 0.25) is 0 Å². The second kappa shape index (κ2) is 6.35. The number of ether oxygens (including phenoxy) is 1. The molecule has 18 heavy (non-hydrogen) atoms. The van der Waals surface area contributed by atoms with Gasteiger partial charge in [-0.25, -0.2) is 0 Å². The number of hydrogen-bond acceptors (Lipinski definition) is 2. The third-order valence-corrected chi connectivity index (χ3v) is 3.95. The van der Waals surface area contributed by atoms with Gasteiger partial charge >= 0.3 is 0 Å². The maximum Gasteiger partial charge on any atom is 0.164 e. The highest BCUT2D eigenvalue weighted by molar-refractivity contribution is 6.34. The lowest BCUT2D eigenvalue weighted by molar-refractivity contribution is 0.0923. The molecule has 1 aliphatic heterocycles. The molecular formula is C15H19ClO2. The number of carbonyl (C=O) groups is 1. The van der Waals surface area contributed by atoms with E-state index in [0.717, 1.165) is 37.9 Å². The van der Waals surface area contributed by atoms with Crippen molar-refractivity contribution in [2.24, 2.45) is 0 Å². The maximum absolute atomic E-state index is 12.1. The first-order chi connectivity index (χ1) is 8.68. The first kappa shape index (κ1) is 13.6. The Kier molecular flexibility index (Phi) is 4.79. The van der Waals surface area contributed by atoms with E-state index < -0.39 is 0 Å². The van der Waals surface area contributed by atoms with E-state index in [4.69, 9.17) is 16.3 Å². The van der Waals surface area contributed by atoms with Gasteiger partial charge in [0.1, 0.15) is 0 Å². The van der Waals surface area contributed by atoms with Crippen molar-refractivity contribution in [1.29, 1.82) is 0 Å². The van der Waals surface area contributed by atoms with Gasteiger partial charge in [0, 0.05) is 18.6 Å². The van der Waals surface area contributed by atoms with E-state index in [1.54, 1.807) is 0 Å². The van der Waals surface area contributed by atoms with Gasteiger partial charge in [-0.2, -0.15) is 0 Å². The van der Waals surface area contributed by atoms with Gasteiger partial charge < -0.3 is 4.74 Å². The van der Waals surface area contributed by atoms with Crippen molar-refractivity contribution in [3.8, 4) is 0 Å². The summed E-state index contributed by atoms with van der Waals surface area (Å²) in [5, 5.41) is 0.597. The number of rotatable bonds is 5. The Morgan fingerprint density at radius 1 is 1.50 bits per heavy atom. The predicted octanol–water partition coefficient (Wildman–Crippen LogP) is 4.18. The fourth-order valence-electron chi connectivity index (χ4n) is 2.36. The summed E-state index contributed by atoms with van der Waals surface area (Å²) >= 11 is 6.15. The van der Waals surface area contributed by atoms with Crippen LogP contribution in [0.2, 0.25) is 5.02 Å². The van der Waals surface area contributed by atoms with Crippen LogP contribution in [0.1, 0.15) is 48.0 Å². The van der Waals surface area contributed by atoms with E-state index in [2.05, 4.69) is 0 Å². The molecule has 0 bridgehead atoms. The maximum atomic E-state index is 12.1. The molecule has 1 aromatic rings. The van der Waals surface area contributed by atoms with E-state index in [1.807, 2.05) is 25.1 Å². The molecule has 0 aliphatic carbocycles. The van der Waals surface area contributed by atoms with Gasteiger partial charge in [-0.1, -0.05) is 23.7 Å². The number of hydrogen-bond donors (Lipinski definition) is 0. The number of ketones is 1. The summed E-state index contributed by atoms with van der Waals surface area (Å²) in [4.78, 5) is 12.1. The fourth-order valence-corrected chi connectivity index (χ4v) is 2.59. The number of aryl methyl sites for hydroxylation is 1. The summed E-state index contributed by atoms with van der Waals surface area (Å²) in [7, 11) is 0. The first-order valence-electron chi connectivity index (χ1n) is 6.58. The Labute approximate surface area is 113 Å². The van der Waals surface area contributed by atoms with E-state index in [-0.39, 0.29) is 5.78 Å². The van der Waals surface area contributed by atoms with Gasteiger partial charge in [-0.15, -0.1) is 0 Å². The van der Waals surface area contributed by atoms with E-state index in [0.29, 0.717) is 23.1 Å². The van der Waals surface area contributed by atoms with Crippen LogP contribution in [0.3, 0.4) is 0 Å². The second-order valence-corrected chi connectivity index (χ2v) is 5.26. The predicted molar refractivity (Wildman–Crippen MR) is 73.3 cm³/mol. The highest BCUT2D eigenvalue weighted by atomic mass is 35.5. The molecule has 1 saturated heterocycles. The average molecular weight is 267 g/mol. The summed E-state index contributed by atoms with van der Waals surface area (Å²) in [5.41, 5.74) is 1.62. The number of halogens is 1. The average Bonchev–Trinajstić information content (AvgIpc) is 2.85. The Bertz CT molecular complexity index is 423. The lowest BCUT2D eigenvalue weighted by Crippen LogP contribution is -2.07. The summed E-state index contributed by atoms with van der Waals surface area (Å²) in [6.45, 7) is 2.80. The van der Waals surface area contributed by atoms with Crippen molar-refractivity contribution >= 4 is 17.4 Å². The minimum Gasteiger partial charge on any atom is -0.378 e. The quantitative estimate of drug-likeness (QED) is 0.748. The molecule has 0 radical (unpaired) electrons. The molecule has 2 nitrogen and oxygen atoms in total.